The minimum absolute atomic E-state index is 0.723. The van der Waals surface area contributed by atoms with Crippen molar-refractivity contribution in [2.24, 2.45) is 0 Å². The Balaban J connectivity index is 2.06. The lowest BCUT2D eigenvalue weighted by Gasteiger charge is -2.23. The molecule has 0 spiro atoms. The Bertz CT molecular complexity index is 406. The van der Waals surface area contributed by atoms with Gasteiger partial charge in [0.1, 0.15) is 0 Å². The van der Waals surface area contributed by atoms with E-state index in [9.17, 15) is 0 Å². The normalized spacial score (nSPS) is 16.3. The topological polar surface area (TPSA) is 38.0 Å². The van der Waals surface area contributed by atoms with E-state index in [-0.39, 0.29) is 0 Å². The molecule has 21 heavy (non-hydrogen) atoms. The molecule has 0 bridgehead atoms. The molecule has 0 saturated heterocycles. The van der Waals surface area contributed by atoms with E-state index in [0.29, 0.717) is 0 Å². The fourth-order valence-corrected chi connectivity index (χ4v) is 3.47. The number of nitrogens with two attached hydrogens (primary N) is 1. The van der Waals surface area contributed by atoms with Crippen molar-refractivity contribution in [2.75, 3.05) is 5.73 Å². The number of nitrogens with one attached hydrogen (secondary N) is 1. The molecule has 0 aliphatic heterocycles. The van der Waals surface area contributed by atoms with Gasteiger partial charge in [-0.3, -0.25) is 0 Å². The van der Waals surface area contributed by atoms with Crippen LogP contribution in [0.3, 0.4) is 0 Å². The first-order valence-electron chi connectivity index (χ1n) is 8.88. The van der Waals surface area contributed by atoms with Crippen LogP contribution in [0.4, 0.5) is 5.69 Å². The van der Waals surface area contributed by atoms with Gasteiger partial charge >= 0.3 is 0 Å². The summed E-state index contributed by atoms with van der Waals surface area (Å²) in [5.41, 5.74) is 11.5. The van der Waals surface area contributed by atoms with Crippen LogP contribution in [-0.2, 0) is 19.4 Å². The lowest BCUT2D eigenvalue weighted by Crippen LogP contribution is -2.30. The van der Waals surface area contributed by atoms with E-state index in [2.05, 4.69) is 31.3 Å². The van der Waals surface area contributed by atoms with Crippen LogP contribution in [0.25, 0.3) is 0 Å². The Morgan fingerprint density at radius 2 is 1.57 bits per heavy atom. The summed E-state index contributed by atoms with van der Waals surface area (Å²) in [6, 6.07) is 5.38. The van der Waals surface area contributed by atoms with Gasteiger partial charge in [0.25, 0.3) is 0 Å². The highest BCUT2D eigenvalue weighted by Gasteiger charge is 2.13. The first kappa shape index (κ1) is 16.4. The Morgan fingerprint density at radius 1 is 1.00 bits per heavy atom. The van der Waals surface area contributed by atoms with Crippen LogP contribution in [-0.4, -0.2) is 6.04 Å². The number of rotatable bonds is 7. The predicted octanol–water partition coefficient (Wildman–Crippen LogP) is 4.60. The van der Waals surface area contributed by atoms with Gasteiger partial charge in [0.2, 0.25) is 0 Å². The highest BCUT2D eigenvalue weighted by atomic mass is 14.9. The van der Waals surface area contributed by atoms with Gasteiger partial charge in [0, 0.05) is 18.3 Å². The predicted molar refractivity (Wildman–Crippen MR) is 92.6 cm³/mol. The largest absolute Gasteiger partial charge is 0.398 e. The second-order valence-electron chi connectivity index (χ2n) is 6.54. The third kappa shape index (κ3) is 4.74. The molecule has 2 rings (SSSR count). The second kappa shape index (κ2) is 8.43. The Labute approximate surface area is 130 Å². The van der Waals surface area contributed by atoms with Crippen molar-refractivity contribution < 1.29 is 0 Å². The highest BCUT2D eigenvalue weighted by molar-refractivity contribution is 5.56. The molecule has 1 aliphatic carbocycles. The fourth-order valence-electron chi connectivity index (χ4n) is 3.47. The summed E-state index contributed by atoms with van der Waals surface area (Å²) in [7, 11) is 0. The number of nitrogen functional groups attached to an aromatic ring is 1. The van der Waals surface area contributed by atoms with Gasteiger partial charge < -0.3 is 11.1 Å². The van der Waals surface area contributed by atoms with E-state index in [1.807, 2.05) is 0 Å². The molecule has 0 heterocycles. The third-order valence-electron chi connectivity index (χ3n) is 4.65. The third-order valence-corrected chi connectivity index (χ3v) is 4.65. The molecule has 2 nitrogen and oxygen atoms in total. The van der Waals surface area contributed by atoms with E-state index in [1.165, 1.54) is 48.8 Å². The first-order chi connectivity index (χ1) is 10.2. The zero-order chi connectivity index (χ0) is 15.1. The van der Waals surface area contributed by atoms with Gasteiger partial charge in [-0.1, -0.05) is 58.1 Å². The van der Waals surface area contributed by atoms with Crippen LogP contribution in [0.5, 0.6) is 0 Å². The summed E-state index contributed by atoms with van der Waals surface area (Å²) in [5.74, 6) is 0. The van der Waals surface area contributed by atoms with E-state index < -0.39 is 0 Å². The molecule has 1 saturated carbocycles. The SMILES string of the molecule is CCCc1cc(CNC2CCCCC2)cc(CCC)c1N. The molecule has 118 valence electrons. The van der Waals surface area contributed by atoms with Crippen molar-refractivity contribution >= 4 is 5.69 Å². The quantitative estimate of drug-likeness (QED) is 0.720. The van der Waals surface area contributed by atoms with Crippen LogP contribution in [0.1, 0.15) is 75.5 Å². The van der Waals surface area contributed by atoms with Crippen LogP contribution in [0.2, 0.25) is 0 Å². The van der Waals surface area contributed by atoms with E-state index in [1.54, 1.807) is 0 Å². The highest BCUT2D eigenvalue weighted by Crippen LogP contribution is 2.24. The van der Waals surface area contributed by atoms with Crippen molar-refractivity contribution in [3.8, 4) is 0 Å². The average Bonchev–Trinajstić information content (AvgIpc) is 2.51. The van der Waals surface area contributed by atoms with Crippen molar-refractivity contribution in [3.05, 3.63) is 28.8 Å². The Hall–Kier alpha value is -1.02. The molecule has 1 aromatic rings. The Morgan fingerprint density at radius 3 is 2.10 bits per heavy atom. The van der Waals surface area contributed by atoms with E-state index in [4.69, 9.17) is 5.73 Å². The zero-order valence-corrected chi connectivity index (χ0v) is 13.9. The number of anilines is 1. The number of aryl methyl sites for hydroxylation is 2. The van der Waals surface area contributed by atoms with Gasteiger partial charge in [-0.25, -0.2) is 0 Å². The van der Waals surface area contributed by atoms with E-state index in [0.717, 1.165) is 44.0 Å². The molecule has 1 aromatic carbocycles. The molecule has 1 aliphatic rings. The zero-order valence-electron chi connectivity index (χ0n) is 13.9. The van der Waals surface area contributed by atoms with Crippen molar-refractivity contribution in [2.45, 2.75) is 84.2 Å². The minimum Gasteiger partial charge on any atom is -0.398 e. The fraction of sp³-hybridized carbons (Fsp3) is 0.684. The summed E-state index contributed by atoms with van der Waals surface area (Å²) >= 11 is 0. The monoisotopic (exact) mass is 288 g/mol. The molecular formula is C19H32N2. The maximum absolute atomic E-state index is 6.34. The number of hydrogen-bond acceptors (Lipinski definition) is 2. The lowest BCUT2D eigenvalue weighted by atomic mass is 9.94. The van der Waals surface area contributed by atoms with Gasteiger partial charge in [-0.2, -0.15) is 0 Å². The molecule has 1 fully saturated rings. The number of benzene rings is 1. The number of hydrogen-bond donors (Lipinski definition) is 2. The summed E-state index contributed by atoms with van der Waals surface area (Å²) in [6.45, 7) is 5.45. The molecular weight excluding hydrogens is 256 g/mol. The molecule has 2 heteroatoms. The summed E-state index contributed by atoms with van der Waals surface area (Å²) < 4.78 is 0. The van der Waals surface area contributed by atoms with Crippen molar-refractivity contribution in [3.63, 3.8) is 0 Å². The molecule has 0 amide bonds. The first-order valence-corrected chi connectivity index (χ1v) is 8.88. The standard InChI is InChI=1S/C19H32N2/c1-3-8-16-12-15(13-17(9-4-2)19(16)20)14-21-18-10-6-5-7-11-18/h12-13,18,21H,3-11,14,20H2,1-2H3. The van der Waals surface area contributed by atoms with Gasteiger partial charge in [-0.15, -0.1) is 0 Å². The maximum atomic E-state index is 6.34. The van der Waals surface area contributed by atoms with E-state index >= 15 is 0 Å². The average molecular weight is 288 g/mol. The molecule has 0 atom stereocenters. The molecule has 0 unspecified atom stereocenters. The Kier molecular flexibility index (Phi) is 6.56. The van der Waals surface area contributed by atoms with Crippen molar-refractivity contribution in [1.82, 2.24) is 5.32 Å². The van der Waals surface area contributed by atoms with Gasteiger partial charge in [0.05, 0.1) is 0 Å². The second-order valence-corrected chi connectivity index (χ2v) is 6.54. The lowest BCUT2D eigenvalue weighted by molar-refractivity contribution is 0.372. The van der Waals surface area contributed by atoms with Crippen LogP contribution in [0, 0.1) is 0 Å². The summed E-state index contributed by atoms with van der Waals surface area (Å²) in [5, 5.41) is 3.76. The summed E-state index contributed by atoms with van der Waals surface area (Å²) in [4.78, 5) is 0. The minimum atomic E-state index is 0.723. The maximum Gasteiger partial charge on any atom is 0.0379 e. The van der Waals surface area contributed by atoms with Crippen LogP contribution >= 0.6 is 0 Å². The molecule has 0 aromatic heterocycles. The van der Waals surface area contributed by atoms with Crippen molar-refractivity contribution in [1.29, 1.82) is 0 Å². The molecule has 0 radical (unpaired) electrons. The van der Waals surface area contributed by atoms with Crippen LogP contribution < -0.4 is 11.1 Å². The van der Waals surface area contributed by atoms with Gasteiger partial charge in [0.15, 0.2) is 0 Å². The summed E-state index contributed by atoms with van der Waals surface area (Å²) in [6.07, 6.45) is 11.4. The molecule has 3 N–H and O–H groups in total. The smallest absolute Gasteiger partial charge is 0.0379 e. The van der Waals surface area contributed by atoms with Gasteiger partial charge in [-0.05, 0) is 42.4 Å². The van der Waals surface area contributed by atoms with Crippen LogP contribution in [0.15, 0.2) is 12.1 Å².